The van der Waals surface area contributed by atoms with Gasteiger partial charge in [0.1, 0.15) is 6.33 Å². The largest absolute Gasteiger partial charge is 0.343 e. The van der Waals surface area contributed by atoms with Gasteiger partial charge in [-0.3, -0.25) is 14.6 Å². The number of rotatable bonds is 6. The summed E-state index contributed by atoms with van der Waals surface area (Å²) >= 11 is 0. The number of aromatic nitrogens is 5. The fourth-order valence-electron chi connectivity index (χ4n) is 2.97. The van der Waals surface area contributed by atoms with Gasteiger partial charge in [-0.1, -0.05) is 48.5 Å². The Morgan fingerprint density at radius 2 is 1.89 bits per heavy atom. The van der Waals surface area contributed by atoms with Crippen LogP contribution < -0.4 is 5.32 Å². The van der Waals surface area contributed by atoms with Gasteiger partial charge < -0.3 is 5.32 Å². The van der Waals surface area contributed by atoms with Gasteiger partial charge >= 0.3 is 0 Å². The van der Waals surface area contributed by atoms with Crippen LogP contribution in [0.5, 0.6) is 0 Å². The maximum atomic E-state index is 13.1. The van der Waals surface area contributed by atoms with E-state index in [1.165, 1.54) is 6.33 Å². The molecule has 1 atom stereocenters. The fraction of sp³-hybridized carbons (Fsp3) is 0.100. The lowest BCUT2D eigenvalue weighted by molar-refractivity contribution is 0.0932. The first-order chi connectivity index (χ1) is 13.3. The lowest BCUT2D eigenvalue weighted by Gasteiger charge is -2.20. The molecule has 7 nitrogen and oxygen atoms in total. The molecule has 1 amide bonds. The van der Waals surface area contributed by atoms with Gasteiger partial charge in [-0.05, 0) is 17.7 Å². The molecule has 2 heterocycles. The highest BCUT2D eigenvalue weighted by atomic mass is 16.1. The summed E-state index contributed by atoms with van der Waals surface area (Å²) in [6.45, 7) is 0.535. The Balaban J connectivity index is 1.63. The van der Waals surface area contributed by atoms with E-state index in [2.05, 4.69) is 25.6 Å². The molecule has 0 aliphatic carbocycles. The Morgan fingerprint density at radius 3 is 2.63 bits per heavy atom. The van der Waals surface area contributed by atoms with Crippen LogP contribution in [0.15, 0.2) is 79.4 Å². The zero-order chi connectivity index (χ0) is 18.5. The molecule has 0 spiro atoms. The van der Waals surface area contributed by atoms with Crippen molar-refractivity contribution in [2.75, 3.05) is 0 Å². The second-order valence-corrected chi connectivity index (χ2v) is 6.04. The predicted octanol–water partition coefficient (Wildman–Crippen LogP) is 2.84. The van der Waals surface area contributed by atoms with E-state index < -0.39 is 0 Å². The molecule has 0 fully saturated rings. The van der Waals surface area contributed by atoms with E-state index in [4.69, 9.17) is 0 Å². The van der Waals surface area contributed by atoms with Crippen molar-refractivity contribution in [3.63, 3.8) is 0 Å². The zero-order valence-corrected chi connectivity index (χ0v) is 14.5. The highest BCUT2D eigenvalue weighted by Gasteiger charge is 2.19. The van der Waals surface area contributed by atoms with Crippen LogP contribution in [0.2, 0.25) is 0 Å². The van der Waals surface area contributed by atoms with E-state index in [-0.39, 0.29) is 11.9 Å². The van der Waals surface area contributed by atoms with Crippen molar-refractivity contribution in [3.05, 3.63) is 90.5 Å². The molecule has 2 N–H and O–H groups in total. The number of benzene rings is 2. The number of carbonyl (C=O) groups is 1. The fourth-order valence-corrected chi connectivity index (χ4v) is 2.97. The van der Waals surface area contributed by atoms with Crippen LogP contribution in [0.25, 0.3) is 11.4 Å². The molecule has 0 saturated carbocycles. The molecule has 134 valence electrons. The third-order valence-corrected chi connectivity index (χ3v) is 4.28. The average Bonchev–Trinajstić information content (AvgIpc) is 3.42. The van der Waals surface area contributed by atoms with Gasteiger partial charge in [0.05, 0.1) is 18.2 Å². The van der Waals surface area contributed by atoms with E-state index in [0.717, 1.165) is 5.56 Å². The number of H-pyrrole nitrogens is 1. The molecular weight excluding hydrogens is 340 g/mol. The monoisotopic (exact) mass is 358 g/mol. The lowest BCUT2D eigenvalue weighted by atomic mass is 10.0. The second kappa shape index (κ2) is 7.65. The van der Waals surface area contributed by atoms with Crippen LogP contribution in [0.4, 0.5) is 0 Å². The summed E-state index contributed by atoms with van der Waals surface area (Å²) in [6.07, 6.45) is 5.03. The number of carbonyl (C=O) groups excluding carboxylic acids is 1. The molecule has 4 rings (SSSR count). The Hall–Kier alpha value is -3.74. The van der Waals surface area contributed by atoms with Crippen LogP contribution >= 0.6 is 0 Å². The molecule has 2 aromatic carbocycles. The van der Waals surface area contributed by atoms with E-state index in [1.807, 2.05) is 60.8 Å². The minimum Gasteiger partial charge on any atom is -0.343 e. The van der Waals surface area contributed by atoms with Gasteiger partial charge in [0.2, 0.25) is 0 Å². The number of nitrogens with zero attached hydrogens (tertiary/aromatic N) is 4. The van der Waals surface area contributed by atoms with Gasteiger partial charge in [0, 0.05) is 18.0 Å². The summed E-state index contributed by atoms with van der Waals surface area (Å²) in [6, 6.07) is 18.8. The lowest BCUT2D eigenvalue weighted by Crippen LogP contribution is -2.32. The smallest absolute Gasteiger partial charge is 0.252 e. The van der Waals surface area contributed by atoms with E-state index in [0.29, 0.717) is 23.5 Å². The molecule has 4 aromatic rings. The molecule has 0 radical (unpaired) electrons. The Bertz CT molecular complexity index is 996. The SMILES string of the molecule is O=C(N[C@@H](Cn1cccn1)c1ccccc1)c1ccccc1-c1ncn[nH]1. The van der Waals surface area contributed by atoms with Crippen LogP contribution in [0, 0.1) is 0 Å². The Morgan fingerprint density at radius 1 is 1.07 bits per heavy atom. The summed E-state index contributed by atoms with van der Waals surface area (Å²) in [5, 5.41) is 14.1. The molecule has 0 unspecified atom stereocenters. The van der Waals surface area contributed by atoms with Crippen molar-refractivity contribution in [2.45, 2.75) is 12.6 Å². The minimum atomic E-state index is -0.221. The van der Waals surface area contributed by atoms with Gasteiger partial charge in [-0.15, -0.1) is 0 Å². The van der Waals surface area contributed by atoms with Gasteiger partial charge in [-0.25, -0.2) is 4.98 Å². The molecule has 0 bridgehead atoms. The zero-order valence-electron chi connectivity index (χ0n) is 14.5. The maximum absolute atomic E-state index is 13.1. The predicted molar refractivity (Wildman–Crippen MR) is 101 cm³/mol. The third-order valence-electron chi connectivity index (χ3n) is 4.28. The summed E-state index contributed by atoms with van der Waals surface area (Å²) in [5.41, 5.74) is 2.26. The highest BCUT2D eigenvalue weighted by molar-refractivity contribution is 6.00. The summed E-state index contributed by atoms with van der Waals surface area (Å²) in [7, 11) is 0. The quantitative estimate of drug-likeness (QED) is 0.555. The topological polar surface area (TPSA) is 88.5 Å². The van der Waals surface area contributed by atoms with Crippen molar-refractivity contribution in [3.8, 4) is 11.4 Å². The standard InChI is InChI=1S/C20H18N6O/c27-20(17-10-5-4-9-16(17)19-21-14-22-25-19)24-18(13-26-12-6-11-23-26)15-7-2-1-3-8-15/h1-12,14,18H,13H2,(H,24,27)(H,21,22,25)/t18-/m0/s1. The number of nitrogens with one attached hydrogen (secondary N) is 2. The van der Waals surface area contributed by atoms with Gasteiger partial charge in [0.15, 0.2) is 5.82 Å². The van der Waals surface area contributed by atoms with Gasteiger partial charge in [-0.2, -0.15) is 10.2 Å². The molecule has 27 heavy (non-hydrogen) atoms. The summed E-state index contributed by atoms with van der Waals surface area (Å²) < 4.78 is 1.81. The Kier molecular flexibility index (Phi) is 4.74. The van der Waals surface area contributed by atoms with E-state index in [9.17, 15) is 4.79 Å². The molecule has 0 saturated heterocycles. The summed E-state index contributed by atoms with van der Waals surface area (Å²) in [4.78, 5) is 17.2. The first-order valence-electron chi connectivity index (χ1n) is 8.59. The molecule has 7 heteroatoms. The van der Waals surface area contributed by atoms with E-state index >= 15 is 0 Å². The first kappa shape index (κ1) is 16.7. The normalized spacial score (nSPS) is 11.9. The number of amides is 1. The van der Waals surface area contributed by atoms with Crippen molar-refractivity contribution >= 4 is 5.91 Å². The van der Waals surface area contributed by atoms with Crippen molar-refractivity contribution in [1.82, 2.24) is 30.3 Å². The number of hydrogen-bond donors (Lipinski definition) is 2. The average molecular weight is 358 g/mol. The molecule has 2 aromatic heterocycles. The van der Waals surface area contributed by atoms with Crippen molar-refractivity contribution in [1.29, 1.82) is 0 Å². The van der Waals surface area contributed by atoms with Crippen LogP contribution in [0.3, 0.4) is 0 Å². The van der Waals surface area contributed by atoms with Crippen LogP contribution in [-0.2, 0) is 6.54 Å². The highest BCUT2D eigenvalue weighted by Crippen LogP contribution is 2.21. The van der Waals surface area contributed by atoms with Gasteiger partial charge in [0.25, 0.3) is 5.91 Å². The minimum absolute atomic E-state index is 0.178. The summed E-state index contributed by atoms with van der Waals surface area (Å²) in [5.74, 6) is 0.382. The van der Waals surface area contributed by atoms with Crippen molar-refractivity contribution in [2.24, 2.45) is 0 Å². The van der Waals surface area contributed by atoms with E-state index in [1.54, 1.807) is 16.9 Å². The maximum Gasteiger partial charge on any atom is 0.252 e. The molecular formula is C20H18N6O. The molecule has 0 aliphatic heterocycles. The second-order valence-electron chi connectivity index (χ2n) is 6.04. The molecule has 0 aliphatic rings. The number of hydrogen-bond acceptors (Lipinski definition) is 4. The van der Waals surface area contributed by atoms with Crippen LogP contribution in [-0.4, -0.2) is 30.9 Å². The van der Waals surface area contributed by atoms with Crippen LogP contribution in [0.1, 0.15) is 22.0 Å². The third kappa shape index (κ3) is 3.77. The number of aromatic amines is 1. The van der Waals surface area contributed by atoms with Crippen molar-refractivity contribution < 1.29 is 4.79 Å². The Labute approximate surface area is 156 Å². The first-order valence-corrected chi connectivity index (χ1v) is 8.59.